The van der Waals surface area contributed by atoms with E-state index in [0.29, 0.717) is 0 Å². The summed E-state index contributed by atoms with van der Waals surface area (Å²) in [6, 6.07) is 11.0. The van der Waals surface area contributed by atoms with E-state index in [-0.39, 0.29) is 0 Å². The van der Waals surface area contributed by atoms with Crippen molar-refractivity contribution in [2.75, 3.05) is 0 Å². The summed E-state index contributed by atoms with van der Waals surface area (Å²) in [4.78, 5) is 0. The fourth-order valence-corrected chi connectivity index (χ4v) is 3.81. The maximum atomic E-state index is 3.71. The van der Waals surface area contributed by atoms with Gasteiger partial charge in [0.1, 0.15) is 0 Å². The molecule has 0 spiro atoms. The van der Waals surface area contributed by atoms with Gasteiger partial charge in [-0.1, -0.05) is 51.8 Å². The summed E-state index contributed by atoms with van der Waals surface area (Å²) in [7, 11) is 0. The highest BCUT2D eigenvalue weighted by molar-refractivity contribution is 9.10. The summed E-state index contributed by atoms with van der Waals surface area (Å²) in [5.74, 6) is 0. The zero-order valence-corrected chi connectivity index (χ0v) is 13.1. The van der Waals surface area contributed by atoms with Crippen LogP contribution in [0.2, 0.25) is 0 Å². The second-order valence-electron chi connectivity index (χ2n) is 5.37. The van der Waals surface area contributed by atoms with Crippen LogP contribution in [0.4, 0.5) is 0 Å². The number of hydrogen-bond acceptors (Lipinski definition) is 0. The maximum Gasteiger partial charge on any atom is 0.0256 e. The van der Waals surface area contributed by atoms with Crippen LogP contribution < -0.4 is 0 Å². The van der Waals surface area contributed by atoms with Crippen molar-refractivity contribution in [2.24, 2.45) is 0 Å². The zero-order chi connectivity index (χ0) is 13.6. The normalized spacial score (nSPS) is 13.4. The van der Waals surface area contributed by atoms with Crippen LogP contribution in [0.25, 0.3) is 5.57 Å². The predicted octanol–water partition coefficient (Wildman–Crippen LogP) is 5.36. The van der Waals surface area contributed by atoms with Crippen molar-refractivity contribution in [1.29, 1.82) is 0 Å². The molecule has 2 aromatic rings. The molecule has 2 aromatic carbocycles. The van der Waals surface area contributed by atoms with Gasteiger partial charge in [0, 0.05) is 4.47 Å². The predicted molar refractivity (Wildman–Crippen MR) is 85.6 cm³/mol. The standard InChI is InChI=1S/C18H17Br/c1-11-9-12(2)17(13(3)10-11)15-8-7-14-5-4-6-16(19)18(14)15/h4-6,8-10H,7H2,1-3H3. The number of hydrogen-bond donors (Lipinski definition) is 0. The average Bonchev–Trinajstić information content (AvgIpc) is 2.73. The van der Waals surface area contributed by atoms with Crippen molar-refractivity contribution in [3.63, 3.8) is 0 Å². The summed E-state index contributed by atoms with van der Waals surface area (Å²) >= 11 is 3.71. The van der Waals surface area contributed by atoms with Gasteiger partial charge in [0.25, 0.3) is 0 Å². The first-order valence-corrected chi connectivity index (χ1v) is 7.43. The van der Waals surface area contributed by atoms with Crippen molar-refractivity contribution in [2.45, 2.75) is 27.2 Å². The number of allylic oxidation sites excluding steroid dienone is 1. The van der Waals surface area contributed by atoms with Crippen LogP contribution in [0.15, 0.2) is 40.9 Å². The molecule has 0 unspecified atom stereocenters. The topological polar surface area (TPSA) is 0 Å². The number of aryl methyl sites for hydroxylation is 3. The van der Waals surface area contributed by atoms with Gasteiger partial charge in [0.2, 0.25) is 0 Å². The van der Waals surface area contributed by atoms with Crippen molar-refractivity contribution in [1.82, 2.24) is 0 Å². The van der Waals surface area contributed by atoms with Crippen LogP contribution in [-0.2, 0) is 6.42 Å². The molecule has 1 aliphatic rings. The molecule has 0 heterocycles. The molecule has 3 rings (SSSR count). The Kier molecular flexibility index (Phi) is 3.10. The van der Waals surface area contributed by atoms with Gasteiger partial charge in [0.05, 0.1) is 0 Å². The van der Waals surface area contributed by atoms with Crippen LogP contribution in [0.3, 0.4) is 0 Å². The summed E-state index contributed by atoms with van der Waals surface area (Å²) in [5, 5.41) is 0. The monoisotopic (exact) mass is 312 g/mol. The highest BCUT2D eigenvalue weighted by atomic mass is 79.9. The number of benzene rings is 2. The van der Waals surface area contributed by atoms with Gasteiger partial charge in [-0.2, -0.15) is 0 Å². The second-order valence-corrected chi connectivity index (χ2v) is 6.22. The lowest BCUT2D eigenvalue weighted by molar-refractivity contribution is 1.29. The van der Waals surface area contributed by atoms with Crippen molar-refractivity contribution < 1.29 is 0 Å². The third-order valence-corrected chi connectivity index (χ3v) is 4.50. The average molecular weight is 313 g/mol. The molecule has 0 fully saturated rings. The largest absolute Gasteiger partial charge is 0.0716 e. The number of halogens is 1. The molecule has 0 amide bonds. The van der Waals surface area contributed by atoms with Crippen molar-refractivity contribution in [3.8, 4) is 0 Å². The van der Waals surface area contributed by atoms with Gasteiger partial charge in [-0.3, -0.25) is 0 Å². The van der Waals surface area contributed by atoms with Gasteiger partial charge < -0.3 is 0 Å². The van der Waals surface area contributed by atoms with Crippen LogP contribution in [0.1, 0.15) is 33.4 Å². The fraction of sp³-hybridized carbons (Fsp3) is 0.222. The third-order valence-electron chi connectivity index (χ3n) is 3.84. The second kappa shape index (κ2) is 4.64. The van der Waals surface area contributed by atoms with E-state index >= 15 is 0 Å². The molecular weight excluding hydrogens is 296 g/mol. The minimum atomic E-state index is 1.04. The Bertz CT molecular complexity index is 670. The highest BCUT2D eigenvalue weighted by Gasteiger charge is 2.20. The molecule has 0 radical (unpaired) electrons. The van der Waals surface area contributed by atoms with Crippen molar-refractivity contribution >= 4 is 21.5 Å². The lowest BCUT2D eigenvalue weighted by Gasteiger charge is -2.15. The highest BCUT2D eigenvalue weighted by Crippen LogP contribution is 2.40. The molecule has 0 bridgehead atoms. The Morgan fingerprint density at radius 3 is 2.32 bits per heavy atom. The van der Waals surface area contributed by atoms with E-state index in [1.807, 2.05) is 0 Å². The van der Waals surface area contributed by atoms with Crippen LogP contribution in [-0.4, -0.2) is 0 Å². The molecule has 0 N–H and O–H groups in total. The minimum Gasteiger partial charge on any atom is -0.0716 e. The Balaban J connectivity index is 2.23. The lowest BCUT2D eigenvalue weighted by Crippen LogP contribution is -1.96. The molecule has 0 saturated heterocycles. The minimum absolute atomic E-state index is 1.04. The van der Waals surface area contributed by atoms with E-state index in [1.165, 1.54) is 43.4 Å². The molecule has 19 heavy (non-hydrogen) atoms. The SMILES string of the molecule is Cc1cc(C)c(C2=CCc3cccc(Br)c32)c(C)c1. The smallest absolute Gasteiger partial charge is 0.0256 e. The summed E-state index contributed by atoms with van der Waals surface area (Å²) < 4.78 is 1.20. The van der Waals surface area contributed by atoms with Crippen LogP contribution >= 0.6 is 15.9 Å². The van der Waals surface area contributed by atoms with Crippen LogP contribution in [0, 0.1) is 20.8 Å². The van der Waals surface area contributed by atoms with E-state index in [0.717, 1.165) is 6.42 Å². The Morgan fingerprint density at radius 2 is 1.63 bits per heavy atom. The number of fused-ring (bicyclic) bond motifs is 1. The van der Waals surface area contributed by atoms with Gasteiger partial charge in [-0.15, -0.1) is 0 Å². The van der Waals surface area contributed by atoms with Crippen molar-refractivity contribution in [3.05, 3.63) is 74.3 Å². The molecule has 0 aliphatic heterocycles. The molecule has 0 saturated carbocycles. The van der Waals surface area contributed by atoms with Gasteiger partial charge in [-0.25, -0.2) is 0 Å². The number of rotatable bonds is 1. The first-order chi connectivity index (χ1) is 9.08. The molecule has 0 atom stereocenters. The first kappa shape index (κ1) is 12.7. The molecule has 96 valence electrons. The Labute approximate surface area is 123 Å². The van der Waals surface area contributed by atoms with Gasteiger partial charge in [-0.05, 0) is 66.6 Å². The van der Waals surface area contributed by atoms with E-state index < -0.39 is 0 Å². The summed E-state index contributed by atoms with van der Waals surface area (Å²) in [5.41, 5.74) is 9.65. The molecule has 0 nitrogen and oxygen atoms in total. The van der Waals surface area contributed by atoms with E-state index in [2.05, 4.69) is 73.1 Å². The quantitative estimate of drug-likeness (QED) is 0.664. The zero-order valence-electron chi connectivity index (χ0n) is 11.5. The molecular formula is C18H17Br. The molecule has 1 heteroatoms. The fourth-order valence-electron chi connectivity index (χ4n) is 3.19. The van der Waals surface area contributed by atoms with E-state index in [4.69, 9.17) is 0 Å². The third kappa shape index (κ3) is 2.06. The van der Waals surface area contributed by atoms with E-state index in [1.54, 1.807) is 0 Å². The molecule has 0 aromatic heterocycles. The Morgan fingerprint density at radius 1 is 0.947 bits per heavy atom. The van der Waals surface area contributed by atoms with Gasteiger partial charge >= 0.3 is 0 Å². The summed E-state index contributed by atoms with van der Waals surface area (Å²) in [6.07, 6.45) is 3.40. The molecule has 1 aliphatic carbocycles. The maximum absolute atomic E-state index is 3.71. The van der Waals surface area contributed by atoms with Crippen LogP contribution in [0.5, 0.6) is 0 Å². The first-order valence-electron chi connectivity index (χ1n) is 6.64. The lowest BCUT2D eigenvalue weighted by atomic mass is 9.91. The summed E-state index contributed by atoms with van der Waals surface area (Å²) in [6.45, 7) is 6.59. The van der Waals surface area contributed by atoms with Gasteiger partial charge in [0.15, 0.2) is 0 Å². The Hall–Kier alpha value is -1.34. The van der Waals surface area contributed by atoms with E-state index in [9.17, 15) is 0 Å².